The quantitative estimate of drug-likeness (QED) is 0.755. The van der Waals surface area contributed by atoms with Crippen molar-refractivity contribution in [3.05, 3.63) is 0 Å². The normalized spacial score (nSPS) is 30.7. The first-order valence-electron chi connectivity index (χ1n) is 10.7. The molecule has 4 rings (SSSR count). The third-order valence-electron chi connectivity index (χ3n) is 6.83. The predicted octanol–water partition coefficient (Wildman–Crippen LogP) is 1.63. The van der Waals surface area contributed by atoms with Gasteiger partial charge in [0, 0.05) is 50.8 Å². The van der Waals surface area contributed by atoms with Crippen molar-refractivity contribution < 1.29 is 4.79 Å². The van der Waals surface area contributed by atoms with Crippen molar-refractivity contribution in [1.29, 1.82) is 0 Å². The van der Waals surface area contributed by atoms with Crippen LogP contribution in [0, 0.1) is 0 Å². The van der Waals surface area contributed by atoms with Crippen LogP contribution in [0.4, 0.5) is 0 Å². The highest BCUT2D eigenvalue weighted by Crippen LogP contribution is 2.34. The number of piperazine rings is 1. The molecule has 0 spiro atoms. The summed E-state index contributed by atoms with van der Waals surface area (Å²) in [7, 11) is 2.25. The fourth-order valence-electron chi connectivity index (χ4n) is 5.24. The van der Waals surface area contributed by atoms with E-state index in [0.717, 1.165) is 32.2 Å². The van der Waals surface area contributed by atoms with E-state index in [1.807, 2.05) is 0 Å². The summed E-state index contributed by atoms with van der Waals surface area (Å²) in [5.74, 6) is 0.417. The topological polar surface area (TPSA) is 30.0 Å². The van der Waals surface area contributed by atoms with Gasteiger partial charge >= 0.3 is 0 Å². The molecule has 4 fully saturated rings. The Bertz CT molecular complexity index is 453. The van der Waals surface area contributed by atoms with Crippen LogP contribution in [0.2, 0.25) is 0 Å². The van der Waals surface area contributed by atoms with E-state index in [4.69, 9.17) is 0 Å². The van der Waals surface area contributed by atoms with Gasteiger partial charge in [-0.25, -0.2) is 0 Å². The Balaban J connectivity index is 1.25. The zero-order valence-electron chi connectivity index (χ0n) is 16.0. The van der Waals surface area contributed by atoms with Gasteiger partial charge in [-0.05, 0) is 52.1 Å². The molecule has 2 aliphatic heterocycles. The number of piperidine rings is 1. The highest BCUT2D eigenvalue weighted by Gasteiger charge is 2.39. The number of carbonyl (C=O) groups excluding carboxylic acids is 1. The lowest BCUT2D eigenvalue weighted by molar-refractivity contribution is -0.135. The van der Waals surface area contributed by atoms with Gasteiger partial charge in [0.2, 0.25) is 5.91 Å². The lowest BCUT2D eigenvalue weighted by Crippen LogP contribution is -2.56. The van der Waals surface area contributed by atoms with Gasteiger partial charge in [-0.15, -0.1) is 0 Å². The van der Waals surface area contributed by atoms with E-state index in [0.29, 0.717) is 24.5 Å². The highest BCUT2D eigenvalue weighted by atomic mass is 16.2. The van der Waals surface area contributed by atoms with E-state index >= 15 is 0 Å². The smallest absolute Gasteiger partial charge is 0.237 e. The van der Waals surface area contributed by atoms with Gasteiger partial charge in [0.15, 0.2) is 0 Å². The average molecular weight is 349 g/mol. The summed E-state index contributed by atoms with van der Waals surface area (Å²) in [5.41, 5.74) is 0. The zero-order chi connectivity index (χ0) is 17.2. The summed E-state index contributed by atoms with van der Waals surface area (Å²) in [5, 5.41) is 0. The lowest BCUT2D eigenvalue weighted by Gasteiger charge is -2.43. The van der Waals surface area contributed by atoms with Gasteiger partial charge in [-0.2, -0.15) is 0 Å². The average Bonchev–Trinajstić information content (AvgIpc) is 3.29. The monoisotopic (exact) mass is 348 g/mol. The van der Waals surface area contributed by atoms with Crippen molar-refractivity contribution in [2.75, 3.05) is 52.9 Å². The first-order chi connectivity index (χ1) is 12.2. The number of hydrogen-bond donors (Lipinski definition) is 0. The third-order valence-corrected chi connectivity index (χ3v) is 6.83. The minimum Gasteiger partial charge on any atom is -0.336 e. The van der Waals surface area contributed by atoms with Crippen molar-refractivity contribution in [1.82, 2.24) is 19.6 Å². The fourth-order valence-corrected chi connectivity index (χ4v) is 5.24. The number of amides is 1. The molecule has 25 heavy (non-hydrogen) atoms. The molecule has 1 amide bonds. The molecule has 0 N–H and O–H groups in total. The molecule has 2 aliphatic carbocycles. The van der Waals surface area contributed by atoms with Crippen LogP contribution in [-0.4, -0.2) is 96.5 Å². The molecular formula is C20H36N4O. The molecule has 0 radical (unpaired) electrons. The Hall–Kier alpha value is -0.650. The Morgan fingerprint density at radius 2 is 1.56 bits per heavy atom. The predicted molar refractivity (Wildman–Crippen MR) is 101 cm³/mol. The fraction of sp³-hybridized carbons (Fsp3) is 0.950. The Morgan fingerprint density at radius 1 is 0.880 bits per heavy atom. The summed E-state index contributed by atoms with van der Waals surface area (Å²) in [4.78, 5) is 22.8. The molecule has 4 aliphatic rings. The van der Waals surface area contributed by atoms with Crippen molar-refractivity contribution >= 4 is 5.91 Å². The largest absolute Gasteiger partial charge is 0.336 e. The molecule has 0 bridgehead atoms. The van der Waals surface area contributed by atoms with Crippen LogP contribution in [0.3, 0.4) is 0 Å². The molecule has 0 aromatic carbocycles. The van der Waals surface area contributed by atoms with Crippen molar-refractivity contribution in [2.45, 2.75) is 69.5 Å². The van der Waals surface area contributed by atoms with E-state index < -0.39 is 0 Å². The molecule has 2 saturated carbocycles. The second kappa shape index (κ2) is 7.93. The molecule has 0 aromatic rings. The van der Waals surface area contributed by atoms with Gasteiger partial charge in [-0.1, -0.05) is 12.8 Å². The number of rotatable bonds is 5. The zero-order valence-corrected chi connectivity index (χ0v) is 16.0. The minimum atomic E-state index is 0.417. The van der Waals surface area contributed by atoms with Crippen LogP contribution in [-0.2, 0) is 4.79 Å². The lowest BCUT2D eigenvalue weighted by atomic mass is 10.0. The second-order valence-corrected chi connectivity index (χ2v) is 8.84. The van der Waals surface area contributed by atoms with E-state index in [2.05, 4.69) is 26.6 Å². The van der Waals surface area contributed by atoms with Gasteiger partial charge in [0.05, 0.1) is 6.54 Å². The van der Waals surface area contributed by atoms with E-state index in [1.54, 1.807) is 0 Å². The Morgan fingerprint density at radius 3 is 2.20 bits per heavy atom. The van der Waals surface area contributed by atoms with E-state index in [1.165, 1.54) is 64.5 Å². The summed E-state index contributed by atoms with van der Waals surface area (Å²) in [6, 6.07) is 1.87. The first-order valence-corrected chi connectivity index (χ1v) is 10.7. The van der Waals surface area contributed by atoms with Gasteiger partial charge < -0.3 is 9.80 Å². The van der Waals surface area contributed by atoms with Crippen LogP contribution in [0.5, 0.6) is 0 Å². The Kier molecular flexibility index (Phi) is 5.63. The van der Waals surface area contributed by atoms with Crippen molar-refractivity contribution in [3.8, 4) is 0 Å². The maximum absolute atomic E-state index is 13.0. The second-order valence-electron chi connectivity index (χ2n) is 8.84. The van der Waals surface area contributed by atoms with Gasteiger partial charge in [-0.3, -0.25) is 14.6 Å². The van der Waals surface area contributed by atoms with Crippen molar-refractivity contribution in [3.63, 3.8) is 0 Å². The van der Waals surface area contributed by atoms with Crippen LogP contribution in [0.25, 0.3) is 0 Å². The number of hydrogen-bond acceptors (Lipinski definition) is 4. The summed E-state index contributed by atoms with van der Waals surface area (Å²) in [6.07, 6.45) is 10.3. The summed E-state index contributed by atoms with van der Waals surface area (Å²) >= 11 is 0. The molecule has 0 aromatic heterocycles. The molecule has 2 saturated heterocycles. The van der Waals surface area contributed by atoms with Crippen LogP contribution in [0.1, 0.15) is 51.4 Å². The van der Waals surface area contributed by atoms with Crippen LogP contribution < -0.4 is 0 Å². The van der Waals surface area contributed by atoms with Gasteiger partial charge in [0.1, 0.15) is 0 Å². The Labute approximate surface area is 153 Å². The van der Waals surface area contributed by atoms with Crippen LogP contribution >= 0.6 is 0 Å². The van der Waals surface area contributed by atoms with Crippen molar-refractivity contribution in [2.24, 2.45) is 0 Å². The number of carbonyl (C=O) groups is 1. The number of likely N-dealkylation sites (tertiary alicyclic amines) is 1. The number of likely N-dealkylation sites (N-methyl/N-ethyl adjacent to an activating group) is 1. The van der Waals surface area contributed by atoms with E-state index in [-0.39, 0.29) is 0 Å². The molecule has 142 valence electrons. The SMILES string of the molecule is CN1CCC[C@H](N2CCN(CC(=O)N(C3CCCC3)C3CC3)CC2)C1. The third kappa shape index (κ3) is 4.37. The molecule has 5 heteroatoms. The standard InChI is InChI=1S/C20H36N4O/c1-21-10-4-7-19(15-21)23-13-11-22(12-14-23)16-20(25)24(18-8-9-18)17-5-2-3-6-17/h17-19H,2-16H2,1H3/t19-/m0/s1. The van der Waals surface area contributed by atoms with Crippen LogP contribution in [0.15, 0.2) is 0 Å². The molecule has 5 nitrogen and oxygen atoms in total. The maximum atomic E-state index is 13.0. The first kappa shape index (κ1) is 17.7. The van der Waals surface area contributed by atoms with E-state index in [9.17, 15) is 4.79 Å². The minimum absolute atomic E-state index is 0.417. The summed E-state index contributed by atoms with van der Waals surface area (Å²) in [6.45, 7) is 7.53. The molecule has 2 heterocycles. The molecule has 1 atom stereocenters. The van der Waals surface area contributed by atoms with Gasteiger partial charge in [0.25, 0.3) is 0 Å². The number of nitrogens with zero attached hydrogens (tertiary/aromatic N) is 4. The highest BCUT2D eigenvalue weighted by molar-refractivity contribution is 5.79. The molecule has 0 unspecified atom stereocenters. The maximum Gasteiger partial charge on any atom is 0.237 e. The molecular weight excluding hydrogens is 312 g/mol. The summed E-state index contributed by atoms with van der Waals surface area (Å²) < 4.78 is 0.